The average molecular weight is 248 g/mol. The maximum absolute atomic E-state index is 11.9. The topological polar surface area (TPSA) is 55.6 Å². The Morgan fingerprint density at radius 2 is 2.00 bits per heavy atom. The Kier molecular flexibility index (Phi) is 3.75. The van der Waals surface area contributed by atoms with Gasteiger partial charge in [-0.2, -0.15) is 0 Å². The Hall–Kier alpha value is -1.71. The number of benzene rings is 1. The van der Waals surface area contributed by atoms with Crippen LogP contribution in [-0.4, -0.2) is 31.0 Å². The Bertz CT molecular complexity index is 437. The first-order valence-corrected chi connectivity index (χ1v) is 6.36. The number of hydrogen-bond acceptors (Lipinski definition) is 3. The van der Waals surface area contributed by atoms with Crippen molar-refractivity contribution in [1.82, 2.24) is 4.90 Å². The van der Waals surface area contributed by atoms with E-state index in [0.717, 1.165) is 12.8 Å². The summed E-state index contributed by atoms with van der Waals surface area (Å²) in [5, 5.41) is 0. The maximum atomic E-state index is 11.9. The number of nitrogen functional groups attached to an aromatic ring is 1. The zero-order valence-electron chi connectivity index (χ0n) is 11.0. The van der Waals surface area contributed by atoms with E-state index in [2.05, 4.69) is 0 Å². The maximum Gasteiger partial charge on any atom is 0.253 e. The van der Waals surface area contributed by atoms with Gasteiger partial charge >= 0.3 is 0 Å². The zero-order valence-corrected chi connectivity index (χ0v) is 11.0. The van der Waals surface area contributed by atoms with Crippen LogP contribution in [0, 0.1) is 0 Å². The fraction of sp³-hybridized carbons (Fsp3) is 0.500. The molecule has 2 rings (SSSR count). The SMILES string of the molecule is CN(C)C(=O)c1ccc(N)c(OC2CCCC2)c1. The third kappa shape index (κ3) is 2.75. The summed E-state index contributed by atoms with van der Waals surface area (Å²) < 4.78 is 5.88. The number of nitrogens with two attached hydrogens (primary N) is 1. The summed E-state index contributed by atoms with van der Waals surface area (Å²) in [7, 11) is 3.46. The number of carbonyl (C=O) groups is 1. The van der Waals surface area contributed by atoms with Crippen molar-refractivity contribution in [2.75, 3.05) is 19.8 Å². The van der Waals surface area contributed by atoms with Gasteiger partial charge in [-0.1, -0.05) is 0 Å². The van der Waals surface area contributed by atoms with Crippen LogP contribution >= 0.6 is 0 Å². The van der Waals surface area contributed by atoms with Crippen molar-refractivity contribution < 1.29 is 9.53 Å². The van der Waals surface area contributed by atoms with E-state index < -0.39 is 0 Å². The first-order valence-electron chi connectivity index (χ1n) is 6.36. The second-order valence-electron chi connectivity index (χ2n) is 4.98. The molecule has 0 spiro atoms. The van der Waals surface area contributed by atoms with E-state index in [-0.39, 0.29) is 12.0 Å². The van der Waals surface area contributed by atoms with E-state index in [1.165, 1.54) is 12.8 Å². The number of rotatable bonds is 3. The van der Waals surface area contributed by atoms with Crippen LogP contribution in [0.15, 0.2) is 18.2 Å². The summed E-state index contributed by atoms with van der Waals surface area (Å²) in [5.74, 6) is 0.598. The predicted molar refractivity (Wildman–Crippen MR) is 71.8 cm³/mol. The van der Waals surface area contributed by atoms with Crippen molar-refractivity contribution in [2.45, 2.75) is 31.8 Å². The Balaban J connectivity index is 2.18. The highest BCUT2D eigenvalue weighted by molar-refractivity contribution is 5.94. The van der Waals surface area contributed by atoms with Crippen LogP contribution in [0.2, 0.25) is 0 Å². The van der Waals surface area contributed by atoms with Crippen molar-refractivity contribution >= 4 is 11.6 Å². The number of amides is 1. The largest absolute Gasteiger partial charge is 0.488 e. The number of anilines is 1. The lowest BCUT2D eigenvalue weighted by atomic mass is 10.1. The minimum absolute atomic E-state index is 0.0359. The van der Waals surface area contributed by atoms with Gasteiger partial charge in [0.2, 0.25) is 0 Å². The zero-order chi connectivity index (χ0) is 13.1. The van der Waals surface area contributed by atoms with Gasteiger partial charge in [-0.05, 0) is 43.9 Å². The lowest BCUT2D eigenvalue weighted by Gasteiger charge is -2.17. The fourth-order valence-electron chi connectivity index (χ4n) is 2.21. The predicted octanol–water partition coefficient (Wildman–Crippen LogP) is 2.29. The van der Waals surface area contributed by atoms with E-state index in [1.807, 2.05) is 0 Å². The molecule has 1 aromatic carbocycles. The van der Waals surface area contributed by atoms with E-state index in [4.69, 9.17) is 10.5 Å². The molecular weight excluding hydrogens is 228 g/mol. The van der Waals surface area contributed by atoms with Crippen LogP contribution in [0.3, 0.4) is 0 Å². The molecule has 0 bridgehead atoms. The molecule has 1 fully saturated rings. The molecule has 0 aromatic heterocycles. The van der Waals surface area contributed by atoms with E-state index in [1.54, 1.807) is 37.2 Å². The highest BCUT2D eigenvalue weighted by Crippen LogP contribution is 2.29. The van der Waals surface area contributed by atoms with Crippen molar-refractivity contribution in [3.05, 3.63) is 23.8 Å². The standard InChI is InChI=1S/C14H20N2O2/c1-16(2)14(17)10-7-8-12(15)13(9-10)18-11-5-3-4-6-11/h7-9,11H,3-6,15H2,1-2H3. The first-order chi connectivity index (χ1) is 8.58. The average Bonchev–Trinajstić information content (AvgIpc) is 2.84. The Morgan fingerprint density at radius 1 is 1.33 bits per heavy atom. The number of ether oxygens (including phenoxy) is 1. The fourth-order valence-corrected chi connectivity index (χ4v) is 2.21. The molecule has 0 heterocycles. The third-order valence-electron chi connectivity index (χ3n) is 3.26. The molecule has 0 aliphatic heterocycles. The molecule has 98 valence electrons. The summed E-state index contributed by atoms with van der Waals surface area (Å²) >= 11 is 0. The van der Waals surface area contributed by atoms with Gasteiger partial charge < -0.3 is 15.4 Å². The van der Waals surface area contributed by atoms with E-state index in [0.29, 0.717) is 17.0 Å². The molecule has 0 atom stereocenters. The molecule has 0 saturated heterocycles. The van der Waals surface area contributed by atoms with Gasteiger partial charge in [-0.3, -0.25) is 4.79 Å². The van der Waals surface area contributed by atoms with Gasteiger partial charge in [0.25, 0.3) is 5.91 Å². The summed E-state index contributed by atoms with van der Waals surface area (Å²) in [5.41, 5.74) is 7.10. The number of nitrogens with zero attached hydrogens (tertiary/aromatic N) is 1. The van der Waals surface area contributed by atoms with Crippen molar-refractivity contribution in [2.24, 2.45) is 0 Å². The second kappa shape index (κ2) is 5.29. The van der Waals surface area contributed by atoms with Crippen LogP contribution in [-0.2, 0) is 0 Å². The molecule has 1 aliphatic carbocycles. The molecule has 4 nitrogen and oxygen atoms in total. The molecular formula is C14H20N2O2. The van der Waals surface area contributed by atoms with Crippen LogP contribution in [0.1, 0.15) is 36.0 Å². The lowest BCUT2D eigenvalue weighted by Crippen LogP contribution is -2.22. The molecule has 1 amide bonds. The normalized spacial score (nSPS) is 15.7. The summed E-state index contributed by atoms with van der Waals surface area (Å²) in [6, 6.07) is 5.22. The van der Waals surface area contributed by atoms with E-state index in [9.17, 15) is 4.79 Å². The van der Waals surface area contributed by atoms with Crippen molar-refractivity contribution in [3.8, 4) is 5.75 Å². The number of carbonyl (C=O) groups excluding carboxylic acids is 1. The van der Waals surface area contributed by atoms with Crippen molar-refractivity contribution in [1.29, 1.82) is 0 Å². The van der Waals surface area contributed by atoms with E-state index >= 15 is 0 Å². The second-order valence-corrected chi connectivity index (χ2v) is 4.98. The Labute approximate surface area is 108 Å². The van der Waals surface area contributed by atoms with Gasteiger partial charge in [0.05, 0.1) is 11.8 Å². The monoisotopic (exact) mass is 248 g/mol. The first kappa shape index (κ1) is 12.7. The van der Waals surface area contributed by atoms with Gasteiger partial charge in [-0.15, -0.1) is 0 Å². The van der Waals surface area contributed by atoms with Gasteiger partial charge in [0.15, 0.2) is 0 Å². The minimum Gasteiger partial charge on any atom is -0.488 e. The molecule has 18 heavy (non-hydrogen) atoms. The third-order valence-corrected chi connectivity index (χ3v) is 3.26. The summed E-state index contributed by atoms with van der Waals surface area (Å²) in [6.07, 6.45) is 4.82. The molecule has 2 N–H and O–H groups in total. The van der Waals surface area contributed by atoms with Crippen LogP contribution in [0.4, 0.5) is 5.69 Å². The highest BCUT2D eigenvalue weighted by atomic mass is 16.5. The quantitative estimate of drug-likeness (QED) is 0.835. The molecule has 0 radical (unpaired) electrons. The van der Waals surface area contributed by atoms with Gasteiger partial charge in [0, 0.05) is 19.7 Å². The summed E-state index contributed by atoms with van der Waals surface area (Å²) in [6.45, 7) is 0. The molecule has 1 saturated carbocycles. The molecule has 0 unspecified atom stereocenters. The molecule has 1 aromatic rings. The Morgan fingerprint density at radius 3 is 2.61 bits per heavy atom. The lowest BCUT2D eigenvalue weighted by molar-refractivity contribution is 0.0827. The van der Waals surface area contributed by atoms with Gasteiger partial charge in [-0.25, -0.2) is 0 Å². The van der Waals surface area contributed by atoms with Crippen LogP contribution in [0.25, 0.3) is 0 Å². The summed E-state index contributed by atoms with van der Waals surface area (Å²) in [4.78, 5) is 13.4. The minimum atomic E-state index is -0.0359. The molecule has 1 aliphatic rings. The van der Waals surface area contributed by atoms with Gasteiger partial charge in [0.1, 0.15) is 5.75 Å². The smallest absolute Gasteiger partial charge is 0.253 e. The van der Waals surface area contributed by atoms with Crippen LogP contribution < -0.4 is 10.5 Å². The number of hydrogen-bond donors (Lipinski definition) is 1. The molecule has 4 heteroatoms. The highest BCUT2D eigenvalue weighted by Gasteiger charge is 2.18. The van der Waals surface area contributed by atoms with Crippen LogP contribution in [0.5, 0.6) is 5.75 Å². The van der Waals surface area contributed by atoms with Crippen molar-refractivity contribution in [3.63, 3.8) is 0 Å².